The number of ether oxygens (including phenoxy) is 1. The molecule has 29 heavy (non-hydrogen) atoms. The highest BCUT2D eigenvalue weighted by Crippen LogP contribution is 2.14. The van der Waals surface area contributed by atoms with E-state index < -0.39 is 11.9 Å². The van der Waals surface area contributed by atoms with Gasteiger partial charge in [-0.25, -0.2) is 4.79 Å². The Hall–Kier alpha value is -3.59. The summed E-state index contributed by atoms with van der Waals surface area (Å²) in [6, 6.07) is 16.6. The molecule has 0 bridgehead atoms. The first kappa shape index (κ1) is 21.7. The monoisotopic (exact) mass is 391 g/mol. The van der Waals surface area contributed by atoms with E-state index in [2.05, 4.69) is 22.3 Å². The van der Waals surface area contributed by atoms with Crippen LogP contribution in [0.15, 0.2) is 60.3 Å². The van der Waals surface area contributed by atoms with Crippen molar-refractivity contribution in [2.45, 2.75) is 32.9 Å². The SMILES string of the molecule is CCc1ccc(C(C)NC(=O)/C(C#N)=C\NCc2ccc(C(=O)OC)cc2)cc1. The summed E-state index contributed by atoms with van der Waals surface area (Å²) in [6.07, 6.45) is 2.36. The van der Waals surface area contributed by atoms with E-state index in [9.17, 15) is 14.9 Å². The molecule has 6 nitrogen and oxygen atoms in total. The van der Waals surface area contributed by atoms with E-state index in [4.69, 9.17) is 0 Å². The van der Waals surface area contributed by atoms with Crippen LogP contribution >= 0.6 is 0 Å². The van der Waals surface area contributed by atoms with Gasteiger partial charge < -0.3 is 15.4 Å². The lowest BCUT2D eigenvalue weighted by Gasteiger charge is -2.14. The Labute approximate surface area is 171 Å². The van der Waals surface area contributed by atoms with E-state index in [1.807, 2.05) is 37.3 Å². The molecule has 0 saturated carbocycles. The highest BCUT2D eigenvalue weighted by atomic mass is 16.5. The molecule has 150 valence electrons. The predicted octanol–water partition coefficient (Wildman–Crippen LogP) is 3.41. The molecule has 0 saturated heterocycles. The van der Waals surface area contributed by atoms with Gasteiger partial charge in [0.1, 0.15) is 11.6 Å². The zero-order valence-electron chi connectivity index (χ0n) is 16.9. The minimum absolute atomic E-state index is 0.00629. The number of nitriles is 1. The average Bonchev–Trinajstić information content (AvgIpc) is 2.76. The van der Waals surface area contributed by atoms with Crippen LogP contribution in [0.4, 0.5) is 0 Å². The fraction of sp³-hybridized carbons (Fsp3) is 0.261. The van der Waals surface area contributed by atoms with E-state index in [-0.39, 0.29) is 11.6 Å². The minimum Gasteiger partial charge on any atom is -0.465 e. The first-order valence-electron chi connectivity index (χ1n) is 9.39. The molecule has 0 radical (unpaired) electrons. The van der Waals surface area contributed by atoms with Crippen molar-refractivity contribution >= 4 is 11.9 Å². The number of esters is 1. The van der Waals surface area contributed by atoms with Crippen LogP contribution in [-0.2, 0) is 22.5 Å². The average molecular weight is 391 g/mol. The molecule has 1 atom stereocenters. The highest BCUT2D eigenvalue weighted by Gasteiger charge is 2.13. The second-order valence-corrected chi connectivity index (χ2v) is 6.53. The largest absolute Gasteiger partial charge is 0.465 e. The molecule has 6 heteroatoms. The normalized spacial score (nSPS) is 11.9. The van der Waals surface area contributed by atoms with Crippen molar-refractivity contribution in [3.05, 3.63) is 82.6 Å². The maximum atomic E-state index is 12.4. The van der Waals surface area contributed by atoms with Gasteiger partial charge in [-0.3, -0.25) is 4.79 Å². The van der Waals surface area contributed by atoms with Gasteiger partial charge in [0, 0.05) is 12.7 Å². The Morgan fingerprint density at radius 1 is 1.10 bits per heavy atom. The predicted molar refractivity (Wildman–Crippen MR) is 111 cm³/mol. The van der Waals surface area contributed by atoms with Crippen molar-refractivity contribution in [1.82, 2.24) is 10.6 Å². The summed E-state index contributed by atoms with van der Waals surface area (Å²) in [5, 5.41) is 15.1. The molecule has 2 rings (SSSR count). The molecule has 0 aliphatic heterocycles. The molecule has 1 unspecified atom stereocenters. The van der Waals surface area contributed by atoms with Gasteiger partial charge in [-0.1, -0.05) is 43.3 Å². The Kier molecular flexibility index (Phi) is 7.99. The van der Waals surface area contributed by atoms with Crippen LogP contribution in [0.2, 0.25) is 0 Å². The Morgan fingerprint density at radius 2 is 1.72 bits per heavy atom. The van der Waals surface area contributed by atoms with Gasteiger partial charge in [-0.15, -0.1) is 0 Å². The third kappa shape index (κ3) is 6.22. The number of amides is 1. The Bertz CT molecular complexity index is 910. The number of rotatable bonds is 8. The Morgan fingerprint density at radius 3 is 2.28 bits per heavy atom. The van der Waals surface area contributed by atoms with Gasteiger partial charge in [-0.05, 0) is 42.2 Å². The second-order valence-electron chi connectivity index (χ2n) is 6.53. The van der Waals surface area contributed by atoms with Crippen LogP contribution in [0.5, 0.6) is 0 Å². The third-order valence-corrected chi connectivity index (χ3v) is 4.53. The molecule has 1 amide bonds. The van der Waals surface area contributed by atoms with Gasteiger partial charge in [-0.2, -0.15) is 5.26 Å². The van der Waals surface area contributed by atoms with E-state index in [1.165, 1.54) is 18.9 Å². The molecule has 0 aliphatic carbocycles. The summed E-state index contributed by atoms with van der Waals surface area (Å²) < 4.78 is 4.66. The van der Waals surface area contributed by atoms with Gasteiger partial charge >= 0.3 is 5.97 Å². The summed E-state index contributed by atoms with van der Waals surface area (Å²) in [6.45, 7) is 4.38. The molecule has 0 aromatic heterocycles. The highest BCUT2D eigenvalue weighted by molar-refractivity contribution is 5.97. The van der Waals surface area contributed by atoms with E-state index in [0.717, 1.165) is 17.5 Å². The first-order valence-corrected chi connectivity index (χ1v) is 9.39. The van der Waals surface area contributed by atoms with Crippen LogP contribution in [0.3, 0.4) is 0 Å². The Balaban J connectivity index is 1.93. The lowest BCUT2D eigenvalue weighted by Crippen LogP contribution is -2.28. The molecule has 0 aliphatic rings. The second kappa shape index (κ2) is 10.7. The maximum absolute atomic E-state index is 12.4. The van der Waals surface area contributed by atoms with E-state index in [1.54, 1.807) is 24.3 Å². The van der Waals surface area contributed by atoms with Crippen molar-refractivity contribution in [1.29, 1.82) is 5.26 Å². The number of hydrogen-bond donors (Lipinski definition) is 2. The van der Waals surface area contributed by atoms with Crippen molar-refractivity contribution in [2.24, 2.45) is 0 Å². The van der Waals surface area contributed by atoms with Crippen molar-refractivity contribution in [3.8, 4) is 6.07 Å². The summed E-state index contributed by atoms with van der Waals surface area (Å²) in [4.78, 5) is 23.8. The molecule has 2 aromatic carbocycles. The number of aryl methyl sites for hydroxylation is 1. The number of nitrogens with zero attached hydrogens (tertiary/aromatic N) is 1. The van der Waals surface area contributed by atoms with Crippen LogP contribution in [-0.4, -0.2) is 19.0 Å². The third-order valence-electron chi connectivity index (χ3n) is 4.53. The number of carbonyl (C=O) groups is 2. The smallest absolute Gasteiger partial charge is 0.337 e. The molecule has 2 aromatic rings. The molecular weight excluding hydrogens is 366 g/mol. The first-order chi connectivity index (χ1) is 14.0. The fourth-order valence-electron chi connectivity index (χ4n) is 2.70. The fourth-order valence-corrected chi connectivity index (χ4v) is 2.70. The van der Waals surface area contributed by atoms with Crippen molar-refractivity contribution < 1.29 is 14.3 Å². The maximum Gasteiger partial charge on any atom is 0.337 e. The molecule has 0 heterocycles. The molecule has 0 fully saturated rings. The number of methoxy groups -OCH3 is 1. The number of hydrogen-bond acceptors (Lipinski definition) is 5. The topological polar surface area (TPSA) is 91.2 Å². The quantitative estimate of drug-likeness (QED) is 0.409. The summed E-state index contributed by atoms with van der Waals surface area (Å²) in [5.41, 5.74) is 3.56. The van der Waals surface area contributed by atoms with Crippen LogP contribution < -0.4 is 10.6 Å². The molecule has 0 spiro atoms. The van der Waals surface area contributed by atoms with E-state index in [0.29, 0.717) is 12.1 Å². The lowest BCUT2D eigenvalue weighted by atomic mass is 10.0. The van der Waals surface area contributed by atoms with Crippen LogP contribution in [0.25, 0.3) is 0 Å². The standard InChI is InChI=1S/C23H25N3O3/c1-4-17-5-9-19(10-6-17)16(2)26-22(27)21(13-24)15-25-14-18-7-11-20(12-8-18)23(28)29-3/h5-12,15-16,25H,4,14H2,1-3H3,(H,26,27)/b21-15-. The number of nitrogens with one attached hydrogen (secondary N) is 2. The number of benzene rings is 2. The zero-order valence-corrected chi connectivity index (χ0v) is 16.9. The minimum atomic E-state index is -0.437. The van der Waals surface area contributed by atoms with E-state index >= 15 is 0 Å². The van der Waals surface area contributed by atoms with Gasteiger partial charge in [0.25, 0.3) is 5.91 Å². The van der Waals surface area contributed by atoms with Crippen LogP contribution in [0.1, 0.15) is 46.9 Å². The molecular formula is C23H25N3O3. The van der Waals surface area contributed by atoms with Crippen LogP contribution in [0, 0.1) is 11.3 Å². The molecule has 2 N–H and O–H groups in total. The summed E-state index contributed by atoms with van der Waals surface area (Å²) >= 11 is 0. The van der Waals surface area contributed by atoms with Gasteiger partial charge in [0.15, 0.2) is 0 Å². The van der Waals surface area contributed by atoms with Gasteiger partial charge in [0.2, 0.25) is 0 Å². The lowest BCUT2D eigenvalue weighted by molar-refractivity contribution is -0.117. The zero-order chi connectivity index (χ0) is 21.2. The summed E-state index contributed by atoms with van der Waals surface area (Å²) in [7, 11) is 1.33. The summed E-state index contributed by atoms with van der Waals surface area (Å²) in [5.74, 6) is -0.834. The van der Waals surface area contributed by atoms with Crippen molar-refractivity contribution in [3.63, 3.8) is 0 Å². The van der Waals surface area contributed by atoms with Gasteiger partial charge in [0.05, 0.1) is 18.7 Å². The number of carbonyl (C=O) groups excluding carboxylic acids is 2. The van der Waals surface area contributed by atoms with Crippen molar-refractivity contribution in [2.75, 3.05) is 7.11 Å².